The molecule has 16 heavy (non-hydrogen) atoms. The minimum Gasteiger partial charge on any atom is -0.370 e. The molecule has 1 unspecified atom stereocenters. The van der Waals surface area contributed by atoms with Crippen LogP contribution in [0.25, 0.3) is 0 Å². The molecule has 1 atom stereocenters. The first-order valence-electron chi connectivity index (χ1n) is 5.95. The summed E-state index contributed by atoms with van der Waals surface area (Å²) in [6.07, 6.45) is 2.55. The number of anilines is 1. The first-order valence-corrected chi connectivity index (χ1v) is 5.95. The number of nitrogens with zero attached hydrogens (tertiary/aromatic N) is 1. The van der Waals surface area contributed by atoms with E-state index in [0.29, 0.717) is 19.3 Å². The molecule has 1 fully saturated rings. The van der Waals surface area contributed by atoms with Gasteiger partial charge >= 0.3 is 0 Å². The lowest BCUT2D eigenvalue weighted by Gasteiger charge is -2.12. The molecule has 4 heteroatoms. The number of aromatic nitrogens is 1. The molecule has 0 aliphatic carbocycles. The maximum absolute atomic E-state index is 5.35. The van der Waals surface area contributed by atoms with Gasteiger partial charge in [0.25, 0.3) is 0 Å². The Kier molecular flexibility index (Phi) is 2.76. The summed E-state index contributed by atoms with van der Waals surface area (Å²) >= 11 is 0. The lowest BCUT2D eigenvalue weighted by molar-refractivity contribution is 0.133. The average molecular weight is 219 g/mol. The van der Waals surface area contributed by atoms with Crippen LogP contribution in [-0.4, -0.2) is 24.1 Å². The summed E-state index contributed by atoms with van der Waals surface area (Å²) in [5.41, 5.74) is 2.31. The molecule has 0 radical (unpaired) electrons. The van der Waals surface area contributed by atoms with Gasteiger partial charge < -0.3 is 15.4 Å². The second kappa shape index (κ2) is 4.39. The fraction of sp³-hybridized carbons (Fsp3) is 0.583. The van der Waals surface area contributed by atoms with E-state index in [2.05, 4.69) is 21.7 Å². The number of pyridine rings is 1. The molecule has 2 aliphatic rings. The number of hydrogen-bond acceptors (Lipinski definition) is 4. The molecule has 0 amide bonds. The summed E-state index contributed by atoms with van der Waals surface area (Å²) in [7, 11) is 0. The van der Waals surface area contributed by atoms with Crippen LogP contribution < -0.4 is 10.6 Å². The van der Waals surface area contributed by atoms with Crippen LogP contribution in [0.5, 0.6) is 0 Å². The molecule has 3 rings (SSSR count). The van der Waals surface area contributed by atoms with Crippen molar-refractivity contribution in [1.82, 2.24) is 10.3 Å². The van der Waals surface area contributed by atoms with Crippen molar-refractivity contribution in [3.8, 4) is 0 Å². The molecule has 3 heterocycles. The molecule has 0 bridgehead atoms. The van der Waals surface area contributed by atoms with E-state index in [1.54, 1.807) is 0 Å². The van der Waals surface area contributed by atoms with Gasteiger partial charge in [0.15, 0.2) is 0 Å². The Bertz CT molecular complexity index is 375. The van der Waals surface area contributed by atoms with Crippen molar-refractivity contribution >= 4 is 5.82 Å². The van der Waals surface area contributed by atoms with Gasteiger partial charge in [-0.15, -0.1) is 0 Å². The number of nitrogens with one attached hydrogen (secondary N) is 2. The van der Waals surface area contributed by atoms with Crippen molar-refractivity contribution in [3.05, 3.63) is 23.4 Å². The van der Waals surface area contributed by atoms with Gasteiger partial charge in [-0.25, -0.2) is 4.98 Å². The van der Waals surface area contributed by atoms with Gasteiger partial charge in [0.2, 0.25) is 0 Å². The molecule has 2 aliphatic heterocycles. The van der Waals surface area contributed by atoms with Crippen LogP contribution in [0.4, 0.5) is 5.82 Å². The van der Waals surface area contributed by atoms with Crippen LogP contribution >= 0.6 is 0 Å². The van der Waals surface area contributed by atoms with Crippen molar-refractivity contribution in [2.45, 2.75) is 32.1 Å². The SMILES string of the molecule is c1cc2c(nc1NCC1CCCN1)COC2. The molecule has 0 saturated carbocycles. The molecule has 1 saturated heterocycles. The highest BCUT2D eigenvalue weighted by Crippen LogP contribution is 2.19. The predicted octanol–water partition coefficient (Wildman–Crippen LogP) is 1.28. The van der Waals surface area contributed by atoms with E-state index < -0.39 is 0 Å². The van der Waals surface area contributed by atoms with E-state index in [1.807, 2.05) is 6.07 Å². The van der Waals surface area contributed by atoms with E-state index in [0.717, 1.165) is 24.6 Å². The van der Waals surface area contributed by atoms with E-state index in [9.17, 15) is 0 Å². The Morgan fingerprint density at radius 2 is 2.44 bits per heavy atom. The third kappa shape index (κ3) is 2.03. The number of rotatable bonds is 3. The molecule has 86 valence electrons. The molecular weight excluding hydrogens is 202 g/mol. The number of fused-ring (bicyclic) bond motifs is 1. The molecule has 1 aromatic heterocycles. The summed E-state index contributed by atoms with van der Waals surface area (Å²) in [5, 5.41) is 6.85. The van der Waals surface area contributed by atoms with Crippen LogP contribution in [0.15, 0.2) is 12.1 Å². The van der Waals surface area contributed by atoms with E-state index in [1.165, 1.54) is 18.4 Å². The Morgan fingerprint density at radius 1 is 1.44 bits per heavy atom. The third-order valence-electron chi connectivity index (χ3n) is 3.26. The number of ether oxygens (including phenoxy) is 1. The Hall–Kier alpha value is -1.13. The summed E-state index contributed by atoms with van der Waals surface area (Å²) in [6, 6.07) is 4.76. The zero-order valence-corrected chi connectivity index (χ0v) is 9.33. The second-order valence-electron chi connectivity index (χ2n) is 4.47. The molecule has 0 spiro atoms. The van der Waals surface area contributed by atoms with Gasteiger partial charge in [0, 0.05) is 18.2 Å². The smallest absolute Gasteiger partial charge is 0.126 e. The highest BCUT2D eigenvalue weighted by Gasteiger charge is 2.15. The third-order valence-corrected chi connectivity index (χ3v) is 3.26. The highest BCUT2D eigenvalue weighted by molar-refractivity contribution is 5.39. The predicted molar refractivity (Wildman–Crippen MR) is 62.2 cm³/mol. The second-order valence-corrected chi connectivity index (χ2v) is 4.47. The van der Waals surface area contributed by atoms with Crippen LogP contribution in [0.2, 0.25) is 0 Å². The Balaban J connectivity index is 1.61. The van der Waals surface area contributed by atoms with Gasteiger partial charge in [-0.2, -0.15) is 0 Å². The van der Waals surface area contributed by atoms with Gasteiger partial charge in [0.05, 0.1) is 18.9 Å². The Labute approximate surface area is 95.4 Å². The van der Waals surface area contributed by atoms with Gasteiger partial charge in [-0.3, -0.25) is 0 Å². The molecule has 4 nitrogen and oxygen atoms in total. The zero-order valence-electron chi connectivity index (χ0n) is 9.33. The van der Waals surface area contributed by atoms with Crippen LogP contribution in [0, 0.1) is 0 Å². The lowest BCUT2D eigenvalue weighted by Crippen LogP contribution is -2.29. The minimum absolute atomic E-state index is 0.603. The minimum atomic E-state index is 0.603. The van der Waals surface area contributed by atoms with Crippen LogP contribution in [-0.2, 0) is 18.0 Å². The fourth-order valence-electron chi connectivity index (χ4n) is 2.30. The summed E-state index contributed by atoms with van der Waals surface area (Å²) in [6.45, 7) is 3.49. The van der Waals surface area contributed by atoms with Crippen molar-refractivity contribution < 1.29 is 4.74 Å². The standard InChI is InChI=1S/C12H17N3O/c1-2-10(13-5-1)6-14-12-4-3-9-7-16-8-11(9)15-12/h3-4,10,13H,1-2,5-8H2,(H,14,15). The maximum atomic E-state index is 5.35. The monoisotopic (exact) mass is 219 g/mol. The lowest BCUT2D eigenvalue weighted by atomic mass is 10.2. The first-order chi connectivity index (χ1) is 7.92. The number of hydrogen-bond donors (Lipinski definition) is 2. The maximum Gasteiger partial charge on any atom is 0.126 e. The highest BCUT2D eigenvalue weighted by atomic mass is 16.5. The van der Waals surface area contributed by atoms with E-state index >= 15 is 0 Å². The van der Waals surface area contributed by atoms with Gasteiger partial charge in [0.1, 0.15) is 5.82 Å². The molecule has 0 aromatic carbocycles. The van der Waals surface area contributed by atoms with Crippen molar-refractivity contribution in [2.75, 3.05) is 18.4 Å². The first kappa shape index (κ1) is 10.1. The van der Waals surface area contributed by atoms with E-state index in [-0.39, 0.29) is 0 Å². The topological polar surface area (TPSA) is 46.2 Å². The van der Waals surface area contributed by atoms with Crippen LogP contribution in [0.3, 0.4) is 0 Å². The van der Waals surface area contributed by atoms with E-state index in [4.69, 9.17) is 4.74 Å². The van der Waals surface area contributed by atoms with Gasteiger partial charge in [-0.1, -0.05) is 6.07 Å². The molecular formula is C12H17N3O. The van der Waals surface area contributed by atoms with Crippen molar-refractivity contribution in [2.24, 2.45) is 0 Å². The normalized spacial score (nSPS) is 23.4. The average Bonchev–Trinajstić information content (AvgIpc) is 2.97. The fourth-order valence-corrected chi connectivity index (χ4v) is 2.30. The largest absolute Gasteiger partial charge is 0.370 e. The Morgan fingerprint density at radius 3 is 3.31 bits per heavy atom. The van der Waals surface area contributed by atoms with Crippen molar-refractivity contribution in [3.63, 3.8) is 0 Å². The quantitative estimate of drug-likeness (QED) is 0.804. The van der Waals surface area contributed by atoms with Crippen LogP contribution in [0.1, 0.15) is 24.1 Å². The van der Waals surface area contributed by atoms with Crippen molar-refractivity contribution in [1.29, 1.82) is 0 Å². The molecule has 2 N–H and O–H groups in total. The zero-order chi connectivity index (χ0) is 10.8. The summed E-state index contributed by atoms with van der Waals surface area (Å²) in [4.78, 5) is 4.55. The van der Waals surface area contributed by atoms with Gasteiger partial charge in [-0.05, 0) is 25.5 Å². The molecule has 1 aromatic rings. The summed E-state index contributed by atoms with van der Waals surface area (Å²) < 4.78 is 5.35. The summed E-state index contributed by atoms with van der Waals surface area (Å²) in [5.74, 6) is 0.970.